The van der Waals surface area contributed by atoms with Crippen LogP contribution in [0.15, 0.2) is 0 Å². The lowest BCUT2D eigenvalue weighted by atomic mass is 10.0. The minimum absolute atomic E-state index is 0.00715. The Morgan fingerprint density at radius 2 is 0.830 bits per heavy atom. The van der Waals surface area contributed by atoms with Crippen LogP contribution in [0.3, 0.4) is 0 Å². The van der Waals surface area contributed by atoms with Gasteiger partial charge in [0.05, 0.1) is 71.9 Å². The molecule has 0 heterocycles. The van der Waals surface area contributed by atoms with E-state index in [2.05, 4.69) is 37.2 Å². The first kappa shape index (κ1) is 80.8. The van der Waals surface area contributed by atoms with Gasteiger partial charge in [0.15, 0.2) is 0 Å². The minimum Gasteiger partial charge on any atom is -0.480 e. The molecule has 0 aliphatic carbocycles. The third-order valence-electron chi connectivity index (χ3n) is 13.0. The summed E-state index contributed by atoms with van der Waals surface area (Å²) in [5.74, 6) is -10.6. The van der Waals surface area contributed by atoms with Crippen LogP contribution in [-0.4, -0.2) is 280 Å². The van der Waals surface area contributed by atoms with Crippen molar-refractivity contribution in [3.8, 4) is 0 Å². The quantitative estimate of drug-likeness (QED) is 0.0255. The topological polar surface area (TPSA) is 506 Å². The molecule has 34 nitrogen and oxygen atoms in total. The van der Waals surface area contributed by atoms with Gasteiger partial charge in [-0.2, -0.15) is 0 Å². The average molecular weight is 1270 g/mol. The van der Waals surface area contributed by atoms with Crippen molar-refractivity contribution in [2.45, 2.75) is 115 Å². The molecule has 4 atom stereocenters. The van der Waals surface area contributed by atoms with Crippen LogP contribution in [-0.2, 0) is 81.3 Å². The number of hydrogen-bond acceptors (Lipinski definition) is 21. The molecule has 0 aliphatic rings. The van der Waals surface area contributed by atoms with Crippen LogP contribution in [0.1, 0.15) is 96.8 Å². The predicted molar refractivity (Wildman–Crippen MR) is 312 cm³/mol. The Hall–Kier alpha value is -7.21. The molecule has 0 radical (unpaired) electrons. The summed E-state index contributed by atoms with van der Waals surface area (Å²) in [7, 11) is 1.66. The molecular weight excluding hydrogens is 1170 g/mol. The van der Waals surface area contributed by atoms with Gasteiger partial charge in [-0.15, -0.1) is 0 Å². The Morgan fingerprint density at radius 3 is 1.28 bits per heavy atom. The summed E-state index contributed by atoms with van der Waals surface area (Å²) in [6.45, 7) is -0.330. The Balaban J connectivity index is 4.91. The van der Waals surface area contributed by atoms with Crippen LogP contribution in [0.4, 0.5) is 0 Å². The highest BCUT2D eigenvalue weighted by molar-refractivity contribution is 5.88. The van der Waals surface area contributed by atoms with Gasteiger partial charge in [0, 0.05) is 84.1 Å². The summed E-state index contributed by atoms with van der Waals surface area (Å²) in [5.41, 5.74) is 10.6. The number of nitrogens with one attached hydrogen (secondary N) is 7. The lowest BCUT2D eigenvalue weighted by molar-refractivity contribution is -0.146. The number of nitrogens with two attached hydrogens (primary N) is 2. The normalized spacial score (nSPS) is 12.6. The van der Waals surface area contributed by atoms with Crippen molar-refractivity contribution in [1.82, 2.24) is 51.9 Å². The molecule has 0 unspecified atom stereocenters. The Morgan fingerprint density at radius 1 is 0.420 bits per heavy atom. The molecule has 0 aromatic heterocycles. The van der Waals surface area contributed by atoms with Gasteiger partial charge in [-0.1, -0.05) is 13.3 Å². The molecule has 504 valence electrons. The second-order valence-corrected chi connectivity index (χ2v) is 20.5. The molecular formula is C54H96N12O22. The number of hydrogen-bond donors (Lipinski definition) is 14. The number of aliphatic carboxylic acids is 5. The minimum atomic E-state index is -1.43. The maximum Gasteiger partial charge on any atom is 0.320 e. The number of primary amides is 2. The van der Waals surface area contributed by atoms with Crippen molar-refractivity contribution in [3.05, 3.63) is 0 Å². The summed E-state index contributed by atoms with van der Waals surface area (Å²) in [5, 5.41) is 66.4. The van der Waals surface area contributed by atoms with Crippen LogP contribution in [0.5, 0.6) is 0 Å². The second-order valence-electron chi connectivity index (χ2n) is 20.5. The van der Waals surface area contributed by atoms with Crippen LogP contribution < -0.4 is 48.7 Å². The van der Waals surface area contributed by atoms with Gasteiger partial charge in [0.2, 0.25) is 47.3 Å². The van der Waals surface area contributed by atoms with E-state index in [1.807, 2.05) is 0 Å². The SMILES string of the molecule is CN[C@@H](CCCCNC(=O)COCCOCCNC(=O)COCCOCCNC(=O)CCCC(=O)N[C@@H](CCCCNC(=O)CC[C@@H](C(=O)O)N(CCN(CC(=O)O)CC(=O)O)CCN(CC(=O)O)CC(=O)O)C(=O)NCCCC[C@H](C)C(N)=O)C(N)=O. The Labute approximate surface area is 511 Å². The van der Waals surface area contributed by atoms with Crippen molar-refractivity contribution in [2.24, 2.45) is 17.4 Å². The van der Waals surface area contributed by atoms with Crippen molar-refractivity contribution in [1.29, 1.82) is 0 Å². The molecule has 88 heavy (non-hydrogen) atoms. The predicted octanol–water partition coefficient (Wildman–Crippen LogP) is -4.53. The van der Waals surface area contributed by atoms with Gasteiger partial charge in [-0.25, -0.2) is 0 Å². The maximum atomic E-state index is 13.3. The number of nitrogens with zero attached hydrogens (tertiary/aromatic N) is 3. The molecule has 0 aliphatic heterocycles. The molecule has 0 fully saturated rings. The highest BCUT2D eigenvalue weighted by atomic mass is 16.5. The average Bonchev–Trinajstić information content (AvgIpc) is 3.55. The molecule has 0 spiro atoms. The van der Waals surface area contributed by atoms with E-state index in [-0.39, 0.29) is 167 Å². The van der Waals surface area contributed by atoms with Gasteiger partial charge < -0.3 is 93.2 Å². The summed E-state index contributed by atoms with van der Waals surface area (Å²) in [6.07, 6.45) is 3.80. The number of carboxylic acid groups (broad SMARTS) is 5. The molecule has 8 amide bonds. The van der Waals surface area contributed by atoms with Crippen LogP contribution in [0.2, 0.25) is 0 Å². The molecule has 16 N–H and O–H groups in total. The molecule has 0 aromatic rings. The third kappa shape index (κ3) is 46.0. The fourth-order valence-electron chi connectivity index (χ4n) is 8.29. The monoisotopic (exact) mass is 1260 g/mol. The highest BCUT2D eigenvalue weighted by Gasteiger charge is 2.29. The smallest absolute Gasteiger partial charge is 0.320 e. The van der Waals surface area contributed by atoms with Gasteiger partial charge in [0.25, 0.3) is 0 Å². The third-order valence-corrected chi connectivity index (χ3v) is 13.0. The molecule has 0 saturated carbocycles. The van der Waals surface area contributed by atoms with E-state index in [0.29, 0.717) is 57.9 Å². The van der Waals surface area contributed by atoms with E-state index in [4.69, 9.17) is 30.4 Å². The van der Waals surface area contributed by atoms with E-state index in [1.165, 1.54) is 4.90 Å². The maximum absolute atomic E-state index is 13.3. The zero-order valence-electron chi connectivity index (χ0n) is 50.7. The second kappa shape index (κ2) is 50.8. The lowest BCUT2D eigenvalue weighted by Gasteiger charge is -2.32. The van der Waals surface area contributed by atoms with E-state index in [9.17, 15) is 87.9 Å². The van der Waals surface area contributed by atoms with Gasteiger partial charge in [-0.3, -0.25) is 77.0 Å². The lowest BCUT2D eigenvalue weighted by Crippen LogP contribution is -2.50. The van der Waals surface area contributed by atoms with E-state index in [1.54, 1.807) is 14.0 Å². The number of carboxylic acids is 5. The number of carbonyl (C=O) groups excluding carboxylic acids is 8. The van der Waals surface area contributed by atoms with E-state index >= 15 is 0 Å². The summed E-state index contributed by atoms with van der Waals surface area (Å²) >= 11 is 0. The van der Waals surface area contributed by atoms with Crippen molar-refractivity contribution in [3.63, 3.8) is 0 Å². The fourth-order valence-corrected chi connectivity index (χ4v) is 8.29. The number of unbranched alkanes of at least 4 members (excludes halogenated alkanes) is 3. The summed E-state index contributed by atoms with van der Waals surface area (Å²) in [6, 6.07) is -2.82. The van der Waals surface area contributed by atoms with Crippen molar-refractivity contribution >= 4 is 77.1 Å². The number of rotatable bonds is 59. The fraction of sp³-hybridized carbons (Fsp3) is 0.759. The Bertz CT molecular complexity index is 2070. The van der Waals surface area contributed by atoms with E-state index in [0.717, 1.165) is 9.80 Å². The highest BCUT2D eigenvalue weighted by Crippen LogP contribution is 2.12. The van der Waals surface area contributed by atoms with Crippen molar-refractivity contribution in [2.75, 3.05) is 145 Å². The first-order valence-corrected chi connectivity index (χ1v) is 29.3. The molecule has 0 rings (SSSR count). The summed E-state index contributed by atoms with van der Waals surface area (Å²) in [4.78, 5) is 160. The standard InChI is InChI=1S/C54H96N12O22/c1-38(51(55)80)10-3-6-19-62-53(82)40(12-5-8-17-58-43(68)16-15-41(54(83)84)66(24-22-64(32-47(72)73)33-48(74)75)25-23-65(34-49(76)77)35-50(78)79)63-44(69)14-9-13-42(67)60-20-26-85-28-31-88-37-46(71)61-21-27-86-29-30-87-36-45(70)59-18-7-4-11-39(57-2)52(56)81/h38-41,57H,3-37H2,1-2H3,(H2,55,80)(H2,56,81)(H,58,68)(H,59,70)(H,60,67)(H,61,71)(H,62,82)(H,63,69)(H,72,73)(H,74,75)(H,76,77)(H,78,79)(H,83,84)/t38-,39-,40-,41-/m0/s1. The van der Waals surface area contributed by atoms with Gasteiger partial charge in [0.1, 0.15) is 25.3 Å². The van der Waals surface area contributed by atoms with Crippen molar-refractivity contribution < 1.29 is 107 Å². The molecule has 0 aromatic carbocycles. The molecule has 34 heteroatoms. The molecule has 0 bridgehead atoms. The Kier molecular flexibility index (Phi) is 46.6. The number of likely N-dealkylation sites (N-methyl/N-ethyl adjacent to an activating group) is 1. The van der Waals surface area contributed by atoms with Gasteiger partial charge in [-0.05, 0) is 71.3 Å². The first-order valence-electron chi connectivity index (χ1n) is 29.3. The number of amides is 8. The zero-order chi connectivity index (χ0) is 66.1. The van der Waals surface area contributed by atoms with E-state index < -0.39 is 104 Å². The van der Waals surface area contributed by atoms with Crippen LogP contribution in [0, 0.1) is 5.92 Å². The molecule has 0 saturated heterocycles. The van der Waals surface area contributed by atoms with Crippen LogP contribution in [0.25, 0.3) is 0 Å². The summed E-state index contributed by atoms with van der Waals surface area (Å²) < 4.78 is 21.4. The van der Waals surface area contributed by atoms with Gasteiger partial charge >= 0.3 is 29.8 Å². The number of carbonyl (C=O) groups is 13. The van der Waals surface area contributed by atoms with Crippen LogP contribution >= 0.6 is 0 Å². The largest absolute Gasteiger partial charge is 0.480 e. The number of ether oxygens (including phenoxy) is 4. The first-order chi connectivity index (χ1) is 41.8. The zero-order valence-corrected chi connectivity index (χ0v) is 50.7.